The first-order valence-electron chi connectivity index (χ1n) is 7.41. The highest BCUT2D eigenvalue weighted by Crippen LogP contribution is 2.32. The van der Waals surface area contributed by atoms with Crippen molar-refractivity contribution < 1.29 is 14.1 Å². The Morgan fingerprint density at radius 2 is 1.52 bits per heavy atom. The molecule has 0 saturated heterocycles. The summed E-state index contributed by atoms with van der Waals surface area (Å²) in [6, 6.07) is 19.4. The number of hydrogen-bond donors (Lipinski definition) is 0. The number of para-hydroxylation sites is 2. The Morgan fingerprint density at radius 1 is 0.840 bits per heavy atom. The first-order valence-corrected chi connectivity index (χ1v) is 7.41. The van der Waals surface area contributed by atoms with Crippen LogP contribution in [0.25, 0.3) is 0 Å². The van der Waals surface area contributed by atoms with Crippen molar-refractivity contribution in [2.45, 2.75) is 0 Å². The summed E-state index contributed by atoms with van der Waals surface area (Å²) in [5, 5.41) is 11.0. The molecule has 0 aliphatic carbocycles. The van der Waals surface area contributed by atoms with Crippen molar-refractivity contribution in [3.63, 3.8) is 0 Å². The van der Waals surface area contributed by atoms with Gasteiger partial charge in [-0.2, -0.15) is 0 Å². The van der Waals surface area contributed by atoms with Crippen LogP contribution in [-0.2, 0) is 0 Å². The van der Waals surface area contributed by atoms with Crippen LogP contribution in [0.2, 0.25) is 0 Å². The van der Waals surface area contributed by atoms with E-state index in [0.29, 0.717) is 5.56 Å². The molecule has 0 bridgehead atoms. The predicted octanol–water partition coefficient (Wildman–Crippen LogP) is 4.93. The summed E-state index contributed by atoms with van der Waals surface area (Å²) in [6.07, 6.45) is 0. The monoisotopic (exact) mass is 333 g/mol. The van der Waals surface area contributed by atoms with Gasteiger partial charge in [-0.1, -0.05) is 42.2 Å². The van der Waals surface area contributed by atoms with Gasteiger partial charge in [0.2, 0.25) is 5.75 Å². The second-order valence-corrected chi connectivity index (χ2v) is 5.09. The lowest BCUT2D eigenvalue weighted by atomic mass is 10.1. The molecule has 3 aromatic carbocycles. The van der Waals surface area contributed by atoms with Crippen LogP contribution in [0.1, 0.15) is 11.1 Å². The second kappa shape index (κ2) is 7.28. The fourth-order valence-electron chi connectivity index (χ4n) is 2.14. The molecule has 0 N–H and O–H groups in total. The zero-order valence-electron chi connectivity index (χ0n) is 13.0. The highest BCUT2D eigenvalue weighted by molar-refractivity contribution is 5.50. The average Bonchev–Trinajstić information content (AvgIpc) is 2.63. The van der Waals surface area contributed by atoms with Gasteiger partial charge in [0, 0.05) is 17.2 Å². The van der Waals surface area contributed by atoms with Crippen LogP contribution >= 0.6 is 0 Å². The van der Waals surface area contributed by atoms with Crippen LogP contribution in [0.4, 0.5) is 10.1 Å². The summed E-state index contributed by atoms with van der Waals surface area (Å²) in [6.45, 7) is 0. The Morgan fingerprint density at radius 3 is 2.24 bits per heavy atom. The van der Waals surface area contributed by atoms with E-state index in [1.54, 1.807) is 12.1 Å². The molecule has 0 atom stereocenters. The Hall–Kier alpha value is -3.65. The number of halogens is 1. The van der Waals surface area contributed by atoms with Crippen LogP contribution in [0.15, 0.2) is 72.8 Å². The van der Waals surface area contributed by atoms with E-state index in [4.69, 9.17) is 4.74 Å². The third kappa shape index (κ3) is 4.01. The van der Waals surface area contributed by atoms with Crippen LogP contribution in [-0.4, -0.2) is 4.92 Å². The Labute approximate surface area is 143 Å². The van der Waals surface area contributed by atoms with E-state index in [-0.39, 0.29) is 17.2 Å². The molecular weight excluding hydrogens is 321 g/mol. The molecule has 25 heavy (non-hydrogen) atoms. The van der Waals surface area contributed by atoms with Gasteiger partial charge < -0.3 is 4.74 Å². The first-order chi connectivity index (χ1) is 12.1. The lowest BCUT2D eigenvalue weighted by Gasteiger charge is -2.07. The van der Waals surface area contributed by atoms with Crippen LogP contribution in [0.5, 0.6) is 11.5 Å². The number of rotatable bonds is 3. The fourth-order valence-corrected chi connectivity index (χ4v) is 2.14. The highest BCUT2D eigenvalue weighted by Gasteiger charge is 2.16. The molecule has 0 radical (unpaired) electrons. The van der Waals surface area contributed by atoms with Crippen molar-refractivity contribution in [3.8, 4) is 23.3 Å². The highest BCUT2D eigenvalue weighted by atomic mass is 19.1. The van der Waals surface area contributed by atoms with E-state index < -0.39 is 10.7 Å². The molecule has 0 spiro atoms. The van der Waals surface area contributed by atoms with Gasteiger partial charge in [-0.05, 0) is 36.4 Å². The number of ether oxygens (including phenoxy) is 1. The molecule has 0 unspecified atom stereocenters. The Bertz CT molecular complexity index is 975. The van der Waals surface area contributed by atoms with Crippen molar-refractivity contribution in [1.82, 2.24) is 0 Å². The summed E-state index contributed by atoms with van der Waals surface area (Å²) in [7, 11) is 0. The molecule has 4 nitrogen and oxygen atoms in total. The third-order valence-electron chi connectivity index (χ3n) is 3.34. The maximum Gasteiger partial charge on any atom is 0.311 e. The van der Waals surface area contributed by atoms with Gasteiger partial charge in [0.15, 0.2) is 11.6 Å². The van der Waals surface area contributed by atoms with Crippen LogP contribution < -0.4 is 4.74 Å². The van der Waals surface area contributed by atoms with E-state index in [9.17, 15) is 14.5 Å². The molecule has 0 fully saturated rings. The predicted molar refractivity (Wildman–Crippen MR) is 92.0 cm³/mol. The minimum absolute atomic E-state index is 0.0190. The SMILES string of the molecule is O=[N+]([O-])c1ccccc1Oc1ccc(C#Cc2ccccc2)cc1F. The molecule has 3 aromatic rings. The van der Waals surface area contributed by atoms with Crippen LogP contribution in [0, 0.1) is 27.8 Å². The molecule has 3 rings (SSSR count). The van der Waals surface area contributed by atoms with Gasteiger partial charge in [0.25, 0.3) is 0 Å². The normalized spacial score (nSPS) is 9.80. The number of nitrogens with zero attached hydrogens (tertiary/aromatic N) is 1. The van der Waals surface area contributed by atoms with E-state index in [0.717, 1.165) is 5.56 Å². The van der Waals surface area contributed by atoms with Crippen LogP contribution in [0.3, 0.4) is 0 Å². The minimum atomic E-state index is -0.641. The fraction of sp³-hybridized carbons (Fsp3) is 0. The van der Waals surface area contributed by atoms with Crippen molar-refractivity contribution in [2.24, 2.45) is 0 Å². The van der Waals surface area contributed by atoms with Gasteiger partial charge >= 0.3 is 5.69 Å². The molecular formula is C20H12FNO3. The summed E-state index contributed by atoms with van der Waals surface area (Å²) in [5.74, 6) is 5.05. The van der Waals surface area contributed by atoms with Gasteiger partial charge in [-0.25, -0.2) is 4.39 Å². The topological polar surface area (TPSA) is 52.4 Å². The van der Waals surface area contributed by atoms with Crippen molar-refractivity contribution in [3.05, 3.63) is 99.9 Å². The zero-order valence-corrected chi connectivity index (χ0v) is 13.0. The Kier molecular flexibility index (Phi) is 4.72. The van der Waals surface area contributed by atoms with Gasteiger partial charge in [-0.15, -0.1) is 0 Å². The third-order valence-corrected chi connectivity index (χ3v) is 3.34. The second-order valence-electron chi connectivity index (χ2n) is 5.09. The van der Waals surface area contributed by atoms with Crippen molar-refractivity contribution in [2.75, 3.05) is 0 Å². The smallest absolute Gasteiger partial charge is 0.311 e. The summed E-state index contributed by atoms with van der Waals surface area (Å²) >= 11 is 0. The van der Waals surface area contributed by atoms with E-state index in [1.807, 2.05) is 30.3 Å². The van der Waals surface area contributed by atoms with E-state index in [2.05, 4.69) is 11.8 Å². The summed E-state index contributed by atoms with van der Waals surface area (Å²) in [5.41, 5.74) is 1.08. The van der Waals surface area contributed by atoms with Crippen molar-refractivity contribution >= 4 is 5.69 Å². The number of hydrogen-bond acceptors (Lipinski definition) is 3. The molecule has 0 heterocycles. The van der Waals surface area contributed by atoms with Gasteiger partial charge in [0.1, 0.15) is 0 Å². The molecule has 0 aromatic heterocycles. The lowest BCUT2D eigenvalue weighted by molar-refractivity contribution is -0.385. The molecule has 122 valence electrons. The first kappa shape index (κ1) is 16.2. The summed E-state index contributed by atoms with van der Waals surface area (Å²) in [4.78, 5) is 10.4. The average molecular weight is 333 g/mol. The molecule has 0 saturated carbocycles. The zero-order chi connectivity index (χ0) is 17.6. The minimum Gasteiger partial charge on any atom is -0.447 e. The van der Waals surface area contributed by atoms with E-state index in [1.165, 1.54) is 30.3 Å². The Balaban J connectivity index is 1.84. The summed E-state index contributed by atoms with van der Waals surface area (Å²) < 4.78 is 19.6. The number of nitro groups is 1. The van der Waals surface area contributed by atoms with Gasteiger partial charge in [0.05, 0.1) is 4.92 Å². The molecule has 0 aliphatic rings. The molecule has 5 heteroatoms. The van der Waals surface area contributed by atoms with E-state index >= 15 is 0 Å². The molecule has 0 aliphatic heterocycles. The number of benzene rings is 3. The van der Waals surface area contributed by atoms with Crippen molar-refractivity contribution in [1.29, 1.82) is 0 Å². The standard InChI is InChI=1S/C20H12FNO3/c21-17-14-16(11-10-15-6-2-1-3-7-15)12-13-19(17)25-20-9-5-4-8-18(20)22(23)24/h1-9,12-14H. The molecule has 0 amide bonds. The lowest BCUT2D eigenvalue weighted by Crippen LogP contribution is -1.94. The maximum atomic E-state index is 14.2. The largest absolute Gasteiger partial charge is 0.447 e. The quantitative estimate of drug-likeness (QED) is 0.388. The van der Waals surface area contributed by atoms with Gasteiger partial charge in [-0.3, -0.25) is 10.1 Å². The number of nitro benzene ring substituents is 1. The maximum absolute atomic E-state index is 14.2.